The van der Waals surface area contributed by atoms with Gasteiger partial charge in [0.25, 0.3) is 0 Å². The van der Waals surface area contributed by atoms with Crippen LogP contribution in [0.15, 0.2) is 0 Å². The molecule has 0 aromatic carbocycles. The van der Waals surface area contributed by atoms with E-state index in [9.17, 15) is 13.2 Å². The molecule has 6 heteroatoms. The Kier molecular flexibility index (Phi) is 3.92. The van der Waals surface area contributed by atoms with E-state index in [1.165, 1.54) is 14.0 Å². The zero-order chi connectivity index (χ0) is 9.94. The van der Waals surface area contributed by atoms with Crippen molar-refractivity contribution in [1.29, 1.82) is 0 Å². The van der Waals surface area contributed by atoms with Crippen molar-refractivity contribution in [3.63, 3.8) is 0 Å². The Morgan fingerprint density at radius 3 is 2.25 bits per heavy atom. The van der Waals surface area contributed by atoms with Crippen LogP contribution < -0.4 is 5.73 Å². The zero-order valence-corrected chi connectivity index (χ0v) is 7.67. The summed E-state index contributed by atoms with van der Waals surface area (Å²) in [5.41, 5.74) is 5.18. The number of hydrogen-bond acceptors (Lipinski definition) is 2. The molecule has 0 amide bonds. The van der Waals surface area contributed by atoms with Gasteiger partial charge in [-0.2, -0.15) is 13.2 Å². The van der Waals surface area contributed by atoms with E-state index < -0.39 is 18.8 Å². The van der Waals surface area contributed by atoms with E-state index in [-0.39, 0.29) is 4.99 Å². The first-order chi connectivity index (χ1) is 5.24. The molecule has 0 fully saturated rings. The van der Waals surface area contributed by atoms with Crippen molar-refractivity contribution in [2.75, 3.05) is 13.6 Å². The minimum Gasteiger partial charge on any atom is -0.392 e. The highest BCUT2D eigenvalue weighted by atomic mass is 32.1. The average Bonchev–Trinajstić information content (AvgIpc) is 1.82. The van der Waals surface area contributed by atoms with Crippen LogP contribution in [0, 0.1) is 0 Å². The van der Waals surface area contributed by atoms with Gasteiger partial charge in [-0.15, -0.1) is 0 Å². The van der Waals surface area contributed by atoms with Crippen molar-refractivity contribution in [1.82, 2.24) is 4.90 Å². The molecule has 72 valence electrons. The summed E-state index contributed by atoms with van der Waals surface area (Å²) in [6, 6.07) is -0.526. The molecule has 0 spiro atoms. The van der Waals surface area contributed by atoms with Crippen LogP contribution in [0.4, 0.5) is 13.2 Å². The number of thiocarbonyl (C=S) groups is 1. The number of hydrogen-bond donors (Lipinski definition) is 1. The Bertz CT molecular complexity index is 169. The molecule has 0 saturated heterocycles. The summed E-state index contributed by atoms with van der Waals surface area (Å²) in [7, 11) is 1.33. The van der Waals surface area contributed by atoms with Crippen molar-refractivity contribution in [2.24, 2.45) is 5.73 Å². The molecule has 0 rings (SSSR count). The largest absolute Gasteiger partial charge is 0.401 e. The number of likely N-dealkylation sites (N-methyl/N-ethyl adjacent to an activating group) is 1. The molecule has 0 aliphatic carbocycles. The molecule has 0 saturated carbocycles. The fraction of sp³-hybridized carbons (Fsp3) is 0.833. The van der Waals surface area contributed by atoms with Gasteiger partial charge in [0.2, 0.25) is 0 Å². The lowest BCUT2D eigenvalue weighted by molar-refractivity contribution is -0.144. The van der Waals surface area contributed by atoms with Crippen molar-refractivity contribution in [2.45, 2.75) is 19.1 Å². The van der Waals surface area contributed by atoms with E-state index in [4.69, 9.17) is 5.73 Å². The monoisotopic (exact) mass is 200 g/mol. The molecule has 0 heterocycles. The predicted octanol–water partition coefficient (Wildman–Crippen LogP) is 1.16. The summed E-state index contributed by atoms with van der Waals surface area (Å²) in [5.74, 6) is 0. The zero-order valence-electron chi connectivity index (χ0n) is 6.85. The summed E-state index contributed by atoms with van der Waals surface area (Å²) < 4.78 is 35.4. The van der Waals surface area contributed by atoms with Gasteiger partial charge in [-0.25, -0.2) is 0 Å². The third-order valence-electron chi connectivity index (χ3n) is 1.50. The van der Waals surface area contributed by atoms with Gasteiger partial charge in [0.15, 0.2) is 0 Å². The van der Waals surface area contributed by atoms with Gasteiger partial charge >= 0.3 is 6.18 Å². The highest BCUT2D eigenvalue weighted by Crippen LogP contribution is 2.16. The van der Waals surface area contributed by atoms with Crippen LogP contribution in [0.3, 0.4) is 0 Å². The highest BCUT2D eigenvalue weighted by Gasteiger charge is 2.31. The molecule has 0 aromatic heterocycles. The van der Waals surface area contributed by atoms with Crippen LogP contribution in [0.5, 0.6) is 0 Å². The van der Waals surface area contributed by atoms with Gasteiger partial charge < -0.3 is 5.73 Å². The SMILES string of the molecule is CC(C(N)=S)N(C)CC(F)(F)F. The molecule has 1 unspecified atom stereocenters. The lowest BCUT2D eigenvalue weighted by atomic mass is 10.3. The molecule has 0 bridgehead atoms. The molecule has 0 radical (unpaired) electrons. The minimum atomic E-state index is -4.20. The molecular formula is C6H11F3N2S. The van der Waals surface area contributed by atoms with E-state index in [0.29, 0.717) is 0 Å². The lowest BCUT2D eigenvalue weighted by Crippen LogP contribution is -2.43. The highest BCUT2D eigenvalue weighted by molar-refractivity contribution is 7.80. The Morgan fingerprint density at radius 2 is 2.00 bits per heavy atom. The van der Waals surface area contributed by atoms with E-state index in [1.54, 1.807) is 0 Å². The molecule has 0 aliphatic heterocycles. The van der Waals surface area contributed by atoms with E-state index in [2.05, 4.69) is 12.2 Å². The summed E-state index contributed by atoms with van der Waals surface area (Å²) in [4.78, 5) is 1.13. The standard InChI is InChI=1S/C6H11F3N2S/c1-4(5(10)12)11(2)3-6(7,8)9/h4H,3H2,1-2H3,(H2,10,12). The van der Waals surface area contributed by atoms with Crippen LogP contribution in [0.25, 0.3) is 0 Å². The maximum Gasteiger partial charge on any atom is 0.401 e. The maximum atomic E-state index is 11.8. The van der Waals surface area contributed by atoms with Crippen LogP contribution in [0.1, 0.15) is 6.92 Å². The fourth-order valence-electron chi connectivity index (χ4n) is 0.637. The Labute approximate surface area is 74.5 Å². The van der Waals surface area contributed by atoms with Crippen LogP contribution in [-0.2, 0) is 0 Å². The van der Waals surface area contributed by atoms with Crippen molar-refractivity contribution < 1.29 is 13.2 Å². The molecule has 0 aromatic rings. The second-order valence-electron chi connectivity index (χ2n) is 2.61. The fourth-order valence-corrected chi connectivity index (χ4v) is 0.817. The van der Waals surface area contributed by atoms with E-state index >= 15 is 0 Å². The summed E-state index contributed by atoms with van der Waals surface area (Å²) in [5, 5.41) is 0. The third-order valence-corrected chi connectivity index (χ3v) is 1.84. The first-order valence-corrected chi connectivity index (χ1v) is 3.71. The van der Waals surface area contributed by atoms with Gasteiger partial charge in [0.1, 0.15) is 0 Å². The van der Waals surface area contributed by atoms with Gasteiger partial charge in [-0.1, -0.05) is 12.2 Å². The van der Waals surface area contributed by atoms with Crippen LogP contribution in [-0.4, -0.2) is 35.7 Å². The number of nitrogens with two attached hydrogens (primary N) is 1. The first kappa shape index (κ1) is 11.6. The number of alkyl halides is 3. The van der Waals surface area contributed by atoms with Gasteiger partial charge in [0, 0.05) is 0 Å². The topological polar surface area (TPSA) is 29.3 Å². The van der Waals surface area contributed by atoms with Gasteiger partial charge in [0.05, 0.1) is 17.6 Å². The van der Waals surface area contributed by atoms with Crippen molar-refractivity contribution in [3.8, 4) is 0 Å². The Balaban J connectivity index is 4.04. The molecule has 1 atom stereocenters. The Morgan fingerprint density at radius 1 is 1.58 bits per heavy atom. The summed E-state index contributed by atoms with van der Waals surface area (Å²) in [6.45, 7) is 0.541. The smallest absolute Gasteiger partial charge is 0.392 e. The normalized spacial score (nSPS) is 14.8. The quantitative estimate of drug-likeness (QED) is 0.693. The average molecular weight is 200 g/mol. The number of halogens is 3. The second-order valence-corrected chi connectivity index (χ2v) is 3.08. The van der Waals surface area contributed by atoms with Crippen molar-refractivity contribution in [3.05, 3.63) is 0 Å². The predicted molar refractivity (Wildman–Crippen MR) is 44.9 cm³/mol. The second kappa shape index (κ2) is 4.04. The third kappa shape index (κ3) is 4.50. The van der Waals surface area contributed by atoms with E-state index in [0.717, 1.165) is 4.90 Å². The van der Waals surface area contributed by atoms with Crippen LogP contribution >= 0.6 is 12.2 Å². The molecule has 0 aliphatic rings. The summed E-state index contributed by atoms with van der Waals surface area (Å²) in [6.07, 6.45) is -4.20. The first-order valence-electron chi connectivity index (χ1n) is 3.30. The maximum absolute atomic E-state index is 11.8. The van der Waals surface area contributed by atoms with Crippen molar-refractivity contribution >= 4 is 17.2 Å². The molecule has 2 nitrogen and oxygen atoms in total. The van der Waals surface area contributed by atoms with E-state index in [1.807, 2.05) is 0 Å². The Hall–Kier alpha value is -0.360. The lowest BCUT2D eigenvalue weighted by Gasteiger charge is -2.24. The van der Waals surface area contributed by atoms with Gasteiger partial charge in [-0.3, -0.25) is 4.90 Å². The van der Waals surface area contributed by atoms with Crippen LogP contribution in [0.2, 0.25) is 0 Å². The van der Waals surface area contributed by atoms with Gasteiger partial charge in [-0.05, 0) is 14.0 Å². The minimum absolute atomic E-state index is 0.0711. The summed E-state index contributed by atoms with van der Waals surface area (Å²) >= 11 is 4.55. The number of nitrogens with zero attached hydrogens (tertiary/aromatic N) is 1. The molecule has 12 heavy (non-hydrogen) atoms. The molecule has 2 N–H and O–H groups in total. The number of rotatable bonds is 3. The molecular weight excluding hydrogens is 189 g/mol.